The number of hydrogen-bond donors (Lipinski definition) is 1. The van der Waals surface area contributed by atoms with Gasteiger partial charge >= 0.3 is 0 Å². The molecule has 3 nitrogen and oxygen atoms in total. The zero-order chi connectivity index (χ0) is 13.8. The molecule has 0 heterocycles. The Morgan fingerprint density at radius 2 is 1.89 bits per heavy atom. The van der Waals surface area contributed by atoms with Crippen LogP contribution in [0.15, 0.2) is 42.5 Å². The van der Waals surface area contributed by atoms with Crippen LogP contribution in [0.2, 0.25) is 5.02 Å². The van der Waals surface area contributed by atoms with Crippen molar-refractivity contribution in [3.05, 3.63) is 56.6 Å². The van der Waals surface area contributed by atoms with Crippen molar-refractivity contribution < 1.29 is 9.53 Å². The van der Waals surface area contributed by atoms with E-state index in [1.54, 1.807) is 37.4 Å². The van der Waals surface area contributed by atoms with Gasteiger partial charge in [-0.1, -0.05) is 11.6 Å². The average Bonchev–Trinajstić information content (AvgIpc) is 2.39. The standard InChI is InChI=1S/C14H11ClINO2/c1-19-13-7-6-11(8-12(13)15)17-14(18)9-2-4-10(16)5-3-9/h2-8H,1H3,(H,17,18). The van der Waals surface area contributed by atoms with Crippen molar-refractivity contribution in [3.63, 3.8) is 0 Å². The summed E-state index contributed by atoms with van der Waals surface area (Å²) >= 11 is 8.20. The number of hydrogen-bond acceptors (Lipinski definition) is 2. The highest BCUT2D eigenvalue weighted by Crippen LogP contribution is 2.27. The van der Waals surface area contributed by atoms with Gasteiger partial charge in [-0.05, 0) is 65.1 Å². The summed E-state index contributed by atoms with van der Waals surface area (Å²) in [6.45, 7) is 0. The molecule has 0 atom stereocenters. The molecule has 1 amide bonds. The predicted octanol–water partition coefficient (Wildman–Crippen LogP) is 4.21. The minimum Gasteiger partial charge on any atom is -0.495 e. The number of ether oxygens (including phenoxy) is 1. The van der Waals surface area contributed by atoms with E-state index in [1.165, 1.54) is 0 Å². The summed E-state index contributed by atoms with van der Waals surface area (Å²) in [5.74, 6) is 0.409. The van der Waals surface area contributed by atoms with E-state index >= 15 is 0 Å². The van der Waals surface area contributed by atoms with Crippen LogP contribution < -0.4 is 10.1 Å². The maximum absolute atomic E-state index is 12.0. The van der Waals surface area contributed by atoms with Crippen molar-refractivity contribution in [1.29, 1.82) is 0 Å². The average molecular weight is 388 g/mol. The smallest absolute Gasteiger partial charge is 0.255 e. The predicted molar refractivity (Wildman–Crippen MR) is 85.1 cm³/mol. The third-order valence-corrected chi connectivity index (χ3v) is 3.53. The van der Waals surface area contributed by atoms with E-state index in [4.69, 9.17) is 16.3 Å². The summed E-state index contributed by atoms with van der Waals surface area (Å²) in [5.41, 5.74) is 1.24. The fraction of sp³-hybridized carbons (Fsp3) is 0.0714. The van der Waals surface area contributed by atoms with Crippen LogP contribution >= 0.6 is 34.2 Å². The van der Waals surface area contributed by atoms with Crippen molar-refractivity contribution in [3.8, 4) is 5.75 Å². The van der Waals surface area contributed by atoms with Gasteiger partial charge in [0.1, 0.15) is 5.75 Å². The first-order chi connectivity index (χ1) is 9.10. The molecule has 0 unspecified atom stereocenters. The minimum atomic E-state index is -0.169. The maximum Gasteiger partial charge on any atom is 0.255 e. The van der Waals surface area contributed by atoms with Crippen molar-refractivity contribution >= 4 is 45.8 Å². The van der Waals surface area contributed by atoms with Gasteiger partial charge in [0.15, 0.2) is 0 Å². The molecule has 0 aliphatic carbocycles. The van der Waals surface area contributed by atoms with Crippen LogP contribution in [-0.4, -0.2) is 13.0 Å². The molecule has 5 heteroatoms. The zero-order valence-corrected chi connectivity index (χ0v) is 13.0. The number of nitrogens with one attached hydrogen (secondary N) is 1. The Balaban J connectivity index is 2.14. The lowest BCUT2D eigenvalue weighted by atomic mass is 10.2. The molecular weight excluding hydrogens is 377 g/mol. The Morgan fingerprint density at radius 1 is 1.21 bits per heavy atom. The van der Waals surface area contributed by atoms with Crippen molar-refractivity contribution in [1.82, 2.24) is 0 Å². The fourth-order valence-corrected chi connectivity index (χ4v) is 2.17. The number of carbonyl (C=O) groups is 1. The fourth-order valence-electron chi connectivity index (χ4n) is 1.55. The number of methoxy groups -OCH3 is 1. The first kappa shape index (κ1) is 14.1. The molecule has 0 saturated carbocycles. The van der Waals surface area contributed by atoms with E-state index in [9.17, 15) is 4.79 Å². The Kier molecular flexibility index (Phi) is 4.66. The Morgan fingerprint density at radius 3 is 2.47 bits per heavy atom. The largest absolute Gasteiger partial charge is 0.495 e. The van der Waals surface area contributed by atoms with Gasteiger partial charge in [-0.2, -0.15) is 0 Å². The summed E-state index contributed by atoms with van der Waals surface area (Å²) in [4.78, 5) is 12.0. The molecule has 0 spiro atoms. The molecule has 2 aromatic rings. The Labute approximate surface area is 130 Å². The number of amides is 1. The molecule has 0 aliphatic heterocycles. The first-order valence-electron chi connectivity index (χ1n) is 5.50. The quantitative estimate of drug-likeness (QED) is 0.802. The highest BCUT2D eigenvalue weighted by Gasteiger charge is 2.07. The van der Waals surface area contributed by atoms with Gasteiger partial charge in [-0.3, -0.25) is 4.79 Å². The van der Waals surface area contributed by atoms with Gasteiger partial charge in [0.2, 0.25) is 0 Å². The van der Waals surface area contributed by atoms with Crippen LogP contribution in [0, 0.1) is 3.57 Å². The number of halogens is 2. The van der Waals surface area contributed by atoms with Gasteiger partial charge < -0.3 is 10.1 Å². The topological polar surface area (TPSA) is 38.3 Å². The SMILES string of the molecule is COc1ccc(NC(=O)c2ccc(I)cc2)cc1Cl. The molecule has 0 saturated heterocycles. The van der Waals surface area contributed by atoms with Gasteiger partial charge in [0.05, 0.1) is 12.1 Å². The lowest BCUT2D eigenvalue weighted by molar-refractivity contribution is 0.102. The van der Waals surface area contributed by atoms with Gasteiger partial charge in [-0.25, -0.2) is 0 Å². The van der Waals surface area contributed by atoms with E-state index < -0.39 is 0 Å². The van der Waals surface area contributed by atoms with E-state index in [0.717, 1.165) is 3.57 Å². The molecule has 19 heavy (non-hydrogen) atoms. The first-order valence-corrected chi connectivity index (χ1v) is 6.96. The monoisotopic (exact) mass is 387 g/mol. The van der Waals surface area contributed by atoms with Crippen LogP contribution in [-0.2, 0) is 0 Å². The number of benzene rings is 2. The third-order valence-electron chi connectivity index (χ3n) is 2.52. The second kappa shape index (κ2) is 6.25. The second-order valence-corrected chi connectivity index (χ2v) is 5.46. The van der Waals surface area contributed by atoms with E-state index in [1.807, 2.05) is 12.1 Å². The summed E-state index contributed by atoms with van der Waals surface area (Å²) in [7, 11) is 1.55. The van der Waals surface area contributed by atoms with Crippen molar-refractivity contribution in [2.24, 2.45) is 0 Å². The summed E-state index contributed by atoms with van der Waals surface area (Å²) in [6, 6.07) is 12.4. The zero-order valence-electron chi connectivity index (χ0n) is 10.1. The lowest BCUT2D eigenvalue weighted by Gasteiger charge is -2.08. The summed E-state index contributed by atoms with van der Waals surface area (Å²) in [5, 5.41) is 3.25. The number of rotatable bonds is 3. The molecule has 2 rings (SSSR count). The normalized spacial score (nSPS) is 10.1. The highest BCUT2D eigenvalue weighted by atomic mass is 127. The van der Waals surface area contributed by atoms with E-state index in [2.05, 4.69) is 27.9 Å². The van der Waals surface area contributed by atoms with E-state index in [-0.39, 0.29) is 5.91 Å². The van der Waals surface area contributed by atoms with Crippen LogP contribution in [0.1, 0.15) is 10.4 Å². The highest BCUT2D eigenvalue weighted by molar-refractivity contribution is 14.1. The Bertz CT molecular complexity index is 599. The summed E-state index contributed by atoms with van der Waals surface area (Å²) < 4.78 is 6.14. The van der Waals surface area contributed by atoms with Crippen LogP contribution in [0.5, 0.6) is 5.75 Å². The molecule has 2 aromatic carbocycles. The van der Waals surface area contributed by atoms with Crippen LogP contribution in [0.3, 0.4) is 0 Å². The number of anilines is 1. The van der Waals surface area contributed by atoms with Crippen molar-refractivity contribution in [2.75, 3.05) is 12.4 Å². The van der Waals surface area contributed by atoms with Crippen molar-refractivity contribution in [2.45, 2.75) is 0 Å². The van der Waals surface area contributed by atoms with Gasteiger partial charge in [0, 0.05) is 14.8 Å². The molecule has 0 aromatic heterocycles. The second-order valence-electron chi connectivity index (χ2n) is 3.81. The number of carbonyl (C=O) groups excluding carboxylic acids is 1. The van der Waals surface area contributed by atoms with Crippen LogP contribution in [0.4, 0.5) is 5.69 Å². The summed E-state index contributed by atoms with van der Waals surface area (Å²) in [6.07, 6.45) is 0. The van der Waals surface area contributed by atoms with Gasteiger partial charge in [-0.15, -0.1) is 0 Å². The van der Waals surface area contributed by atoms with E-state index in [0.29, 0.717) is 22.0 Å². The molecule has 0 fully saturated rings. The molecule has 0 aliphatic rings. The van der Waals surface area contributed by atoms with Crippen LogP contribution in [0.25, 0.3) is 0 Å². The minimum absolute atomic E-state index is 0.169. The maximum atomic E-state index is 12.0. The molecular formula is C14H11ClINO2. The molecule has 1 N–H and O–H groups in total. The Hall–Kier alpha value is -1.27. The molecule has 0 radical (unpaired) electrons. The third kappa shape index (κ3) is 3.61. The molecule has 98 valence electrons. The van der Waals surface area contributed by atoms with Gasteiger partial charge in [0.25, 0.3) is 5.91 Å². The lowest BCUT2D eigenvalue weighted by Crippen LogP contribution is -2.11. The molecule has 0 bridgehead atoms.